The number of anilines is 1. The second kappa shape index (κ2) is 6.08. The molecule has 0 aliphatic heterocycles. The van der Waals surface area contributed by atoms with E-state index in [9.17, 15) is 18.8 Å². The van der Waals surface area contributed by atoms with Crippen LogP contribution in [0.1, 0.15) is 11.1 Å². The number of aryl methyl sites for hydroxylation is 2. The average molecular weight is 267 g/mol. The molecule has 0 aliphatic carbocycles. The van der Waals surface area contributed by atoms with E-state index < -0.39 is 17.7 Å². The molecule has 0 spiro atoms. The van der Waals surface area contributed by atoms with Crippen LogP contribution in [0, 0.1) is 19.7 Å². The Morgan fingerprint density at radius 1 is 1.32 bits per heavy atom. The van der Waals surface area contributed by atoms with Crippen molar-refractivity contribution in [3.8, 4) is 0 Å². The molecular weight excluding hydrogens is 253 g/mol. The van der Waals surface area contributed by atoms with Crippen molar-refractivity contribution in [2.75, 3.05) is 18.6 Å². The molecule has 0 unspecified atom stereocenters. The first kappa shape index (κ1) is 14.8. The average Bonchev–Trinajstić information content (AvgIpc) is 2.34. The van der Waals surface area contributed by atoms with Crippen LogP contribution >= 0.6 is 0 Å². The Balaban J connectivity index is 3.31. The molecule has 0 fully saturated rings. The quantitative estimate of drug-likeness (QED) is 0.468. The Hall–Kier alpha value is -2.24. The van der Waals surface area contributed by atoms with Crippen molar-refractivity contribution in [2.45, 2.75) is 13.8 Å². The van der Waals surface area contributed by atoms with Crippen LogP contribution in [0.3, 0.4) is 0 Å². The molecule has 102 valence electrons. The highest BCUT2D eigenvalue weighted by Gasteiger charge is 2.26. The lowest BCUT2D eigenvalue weighted by Gasteiger charge is -2.23. The highest BCUT2D eigenvalue weighted by Crippen LogP contribution is 2.26. The Morgan fingerprint density at radius 2 is 1.84 bits per heavy atom. The van der Waals surface area contributed by atoms with Crippen LogP contribution in [0.5, 0.6) is 0 Å². The summed E-state index contributed by atoms with van der Waals surface area (Å²) in [6.45, 7) is 2.88. The number of hydrogen-bond donors (Lipinski definition) is 0. The van der Waals surface area contributed by atoms with Gasteiger partial charge in [0.1, 0.15) is 12.1 Å². The van der Waals surface area contributed by atoms with E-state index in [1.54, 1.807) is 13.8 Å². The van der Waals surface area contributed by atoms with Crippen molar-refractivity contribution in [1.29, 1.82) is 0 Å². The first-order valence-corrected chi connectivity index (χ1v) is 5.52. The number of ether oxygens (including phenoxy) is 1. The SMILES string of the molecule is COC(=O)C(=O)N(CC=O)c1c(C)cc(F)cc1C. The van der Waals surface area contributed by atoms with Gasteiger partial charge in [0.25, 0.3) is 0 Å². The Morgan fingerprint density at radius 3 is 2.26 bits per heavy atom. The molecule has 0 radical (unpaired) electrons. The lowest BCUT2D eigenvalue weighted by atomic mass is 10.1. The van der Waals surface area contributed by atoms with Crippen molar-refractivity contribution in [3.05, 3.63) is 29.1 Å². The summed E-state index contributed by atoms with van der Waals surface area (Å²) in [7, 11) is 1.07. The van der Waals surface area contributed by atoms with Crippen LogP contribution in [-0.2, 0) is 19.1 Å². The number of benzene rings is 1. The highest BCUT2D eigenvalue weighted by atomic mass is 19.1. The van der Waals surface area contributed by atoms with E-state index in [1.807, 2.05) is 0 Å². The fraction of sp³-hybridized carbons (Fsp3) is 0.308. The van der Waals surface area contributed by atoms with Gasteiger partial charge in [0.15, 0.2) is 0 Å². The molecule has 0 atom stereocenters. The summed E-state index contributed by atoms with van der Waals surface area (Å²) < 4.78 is 17.6. The smallest absolute Gasteiger partial charge is 0.397 e. The van der Waals surface area contributed by atoms with Gasteiger partial charge in [-0.3, -0.25) is 9.69 Å². The minimum atomic E-state index is -1.08. The molecular formula is C13H14FNO4. The second-order valence-electron chi connectivity index (χ2n) is 3.96. The molecule has 5 nitrogen and oxygen atoms in total. The maximum absolute atomic E-state index is 13.2. The summed E-state index contributed by atoms with van der Waals surface area (Å²) in [5.41, 5.74) is 1.25. The van der Waals surface area contributed by atoms with Crippen LogP contribution in [0.4, 0.5) is 10.1 Å². The highest BCUT2D eigenvalue weighted by molar-refractivity contribution is 6.38. The minimum absolute atomic E-state index is 0.304. The molecule has 0 saturated heterocycles. The zero-order valence-electron chi connectivity index (χ0n) is 10.9. The number of carbonyl (C=O) groups is 3. The summed E-state index contributed by atoms with van der Waals surface area (Å²) >= 11 is 0. The van der Waals surface area contributed by atoms with Crippen molar-refractivity contribution < 1.29 is 23.5 Å². The molecule has 1 aromatic carbocycles. The van der Waals surface area contributed by atoms with Crippen LogP contribution in [0.2, 0.25) is 0 Å². The summed E-state index contributed by atoms with van der Waals surface area (Å²) in [4.78, 5) is 34.8. The van der Waals surface area contributed by atoms with Crippen LogP contribution < -0.4 is 4.90 Å². The van der Waals surface area contributed by atoms with Crippen LogP contribution in [0.15, 0.2) is 12.1 Å². The Labute approximate surface area is 110 Å². The summed E-state index contributed by atoms with van der Waals surface area (Å²) in [6.07, 6.45) is 0.489. The van der Waals surface area contributed by atoms with Gasteiger partial charge >= 0.3 is 11.9 Å². The molecule has 0 bridgehead atoms. The van der Waals surface area contributed by atoms with Gasteiger partial charge in [0.2, 0.25) is 0 Å². The summed E-state index contributed by atoms with van der Waals surface area (Å²) in [5.74, 6) is -2.49. The van der Waals surface area contributed by atoms with E-state index in [0.29, 0.717) is 23.1 Å². The standard InChI is InChI=1S/C13H14FNO4/c1-8-6-10(14)7-9(2)11(8)15(4-5-16)12(17)13(18)19-3/h5-7H,4H2,1-3H3. The third-order valence-electron chi connectivity index (χ3n) is 2.59. The van der Waals surface area contributed by atoms with Gasteiger partial charge in [0.05, 0.1) is 19.3 Å². The molecule has 0 saturated carbocycles. The fourth-order valence-electron chi connectivity index (χ4n) is 1.88. The number of methoxy groups -OCH3 is 1. The number of amides is 1. The largest absolute Gasteiger partial charge is 0.462 e. The normalized spacial score (nSPS) is 9.89. The van der Waals surface area contributed by atoms with Crippen molar-refractivity contribution in [3.63, 3.8) is 0 Å². The van der Waals surface area contributed by atoms with Crippen molar-refractivity contribution in [2.24, 2.45) is 0 Å². The number of carbonyl (C=O) groups excluding carboxylic acids is 3. The van der Waals surface area contributed by atoms with Crippen LogP contribution in [0.25, 0.3) is 0 Å². The topological polar surface area (TPSA) is 63.7 Å². The van der Waals surface area contributed by atoms with Crippen molar-refractivity contribution >= 4 is 23.9 Å². The molecule has 19 heavy (non-hydrogen) atoms. The lowest BCUT2D eigenvalue weighted by Crippen LogP contribution is -2.39. The number of aldehydes is 1. The van der Waals surface area contributed by atoms with E-state index >= 15 is 0 Å². The predicted molar refractivity (Wildman–Crippen MR) is 66.3 cm³/mol. The van der Waals surface area contributed by atoms with E-state index in [4.69, 9.17) is 0 Å². The summed E-state index contributed by atoms with van der Waals surface area (Å²) in [6, 6.07) is 2.45. The number of esters is 1. The van der Waals surface area contributed by atoms with E-state index in [-0.39, 0.29) is 6.54 Å². The third-order valence-corrected chi connectivity index (χ3v) is 2.59. The minimum Gasteiger partial charge on any atom is -0.462 e. The lowest BCUT2D eigenvalue weighted by molar-refractivity contribution is -0.151. The van der Waals surface area contributed by atoms with Crippen LogP contribution in [-0.4, -0.2) is 31.8 Å². The maximum Gasteiger partial charge on any atom is 0.397 e. The van der Waals surface area contributed by atoms with Gasteiger partial charge in [-0.05, 0) is 37.1 Å². The van der Waals surface area contributed by atoms with E-state index in [1.165, 1.54) is 12.1 Å². The molecule has 0 heterocycles. The third kappa shape index (κ3) is 3.15. The molecule has 1 rings (SSSR count). The van der Waals surface area contributed by atoms with E-state index in [2.05, 4.69) is 4.74 Å². The van der Waals surface area contributed by atoms with Gasteiger partial charge in [-0.1, -0.05) is 0 Å². The van der Waals surface area contributed by atoms with Gasteiger partial charge < -0.3 is 9.53 Å². The van der Waals surface area contributed by atoms with Gasteiger partial charge in [-0.2, -0.15) is 0 Å². The number of rotatable bonds is 3. The molecule has 1 amide bonds. The number of halogens is 1. The second-order valence-corrected chi connectivity index (χ2v) is 3.96. The number of hydrogen-bond acceptors (Lipinski definition) is 4. The molecule has 0 aromatic heterocycles. The van der Waals surface area contributed by atoms with Gasteiger partial charge in [-0.25, -0.2) is 9.18 Å². The Bertz CT molecular complexity index is 504. The zero-order valence-corrected chi connectivity index (χ0v) is 10.9. The van der Waals surface area contributed by atoms with Gasteiger partial charge in [-0.15, -0.1) is 0 Å². The molecule has 0 N–H and O–H groups in total. The van der Waals surface area contributed by atoms with Gasteiger partial charge in [0, 0.05) is 0 Å². The molecule has 1 aromatic rings. The fourth-order valence-corrected chi connectivity index (χ4v) is 1.88. The maximum atomic E-state index is 13.2. The monoisotopic (exact) mass is 267 g/mol. The van der Waals surface area contributed by atoms with Crippen molar-refractivity contribution in [1.82, 2.24) is 0 Å². The molecule has 6 heteroatoms. The summed E-state index contributed by atoms with van der Waals surface area (Å²) in [5, 5.41) is 0. The first-order valence-electron chi connectivity index (χ1n) is 5.52. The Kier molecular flexibility index (Phi) is 4.74. The van der Waals surface area contributed by atoms with E-state index in [0.717, 1.165) is 12.0 Å². The predicted octanol–water partition coefficient (Wildman–Crippen LogP) is 1.15. The number of nitrogens with zero attached hydrogens (tertiary/aromatic N) is 1. The zero-order chi connectivity index (χ0) is 14.6. The first-order chi connectivity index (χ1) is 8.92. The molecule has 0 aliphatic rings.